The highest BCUT2D eigenvalue weighted by atomic mass is 35.5. The van der Waals surface area contributed by atoms with Crippen molar-refractivity contribution >= 4 is 46.2 Å². The van der Waals surface area contributed by atoms with Crippen molar-refractivity contribution in [3.8, 4) is 0 Å². The summed E-state index contributed by atoms with van der Waals surface area (Å²) in [6, 6.07) is 4.43. The van der Waals surface area contributed by atoms with Gasteiger partial charge in [0.15, 0.2) is 5.16 Å². The molecule has 3 amide bonds. The predicted octanol–water partition coefficient (Wildman–Crippen LogP) is 3.42. The first-order valence-corrected chi connectivity index (χ1v) is 10.6. The van der Waals surface area contributed by atoms with Gasteiger partial charge in [0.25, 0.3) is 5.56 Å². The van der Waals surface area contributed by atoms with Crippen molar-refractivity contribution in [2.75, 3.05) is 12.3 Å². The first-order valence-electron chi connectivity index (χ1n) is 9.22. The zero-order valence-corrected chi connectivity index (χ0v) is 17.8. The van der Waals surface area contributed by atoms with E-state index in [9.17, 15) is 14.4 Å². The number of nitrogens with zero attached hydrogens (tertiary/aromatic N) is 2. The summed E-state index contributed by atoms with van der Waals surface area (Å²) >= 11 is 7.15. The van der Waals surface area contributed by atoms with E-state index in [1.165, 1.54) is 0 Å². The zero-order valence-electron chi connectivity index (χ0n) is 16.3. The number of fused-ring (bicyclic) bond motifs is 1. The number of nitrogens with one attached hydrogen (secondary N) is 2. The molecule has 2 aromatic rings. The first-order chi connectivity index (χ1) is 13.3. The number of thioether (sulfide) groups is 1. The van der Waals surface area contributed by atoms with E-state index < -0.39 is 11.9 Å². The van der Waals surface area contributed by atoms with Crippen LogP contribution in [-0.2, 0) is 11.3 Å². The number of hydrogen-bond donors (Lipinski definition) is 2. The van der Waals surface area contributed by atoms with Gasteiger partial charge in [-0.2, -0.15) is 0 Å². The fraction of sp³-hybridized carbons (Fsp3) is 0.474. The molecular formula is C19H25ClN4O3S. The number of carbonyl (C=O) groups excluding carboxylic acids is 2. The monoisotopic (exact) mass is 424 g/mol. The van der Waals surface area contributed by atoms with E-state index in [0.717, 1.165) is 24.6 Å². The van der Waals surface area contributed by atoms with Gasteiger partial charge in [0.2, 0.25) is 5.91 Å². The molecule has 1 aromatic carbocycles. The smallest absolute Gasteiger partial charge is 0.321 e. The van der Waals surface area contributed by atoms with Crippen LogP contribution in [0.4, 0.5) is 4.79 Å². The summed E-state index contributed by atoms with van der Waals surface area (Å²) in [5.74, 6) is -0.0644. The van der Waals surface area contributed by atoms with Gasteiger partial charge in [0, 0.05) is 18.1 Å². The highest BCUT2D eigenvalue weighted by molar-refractivity contribution is 7.99. The Bertz CT molecular complexity index is 914. The Labute approximate surface area is 173 Å². The molecule has 0 fully saturated rings. The fourth-order valence-corrected chi connectivity index (χ4v) is 3.44. The van der Waals surface area contributed by atoms with E-state index in [1.54, 1.807) is 22.8 Å². The predicted molar refractivity (Wildman–Crippen MR) is 113 cm³/mol. The lowest BCUT2D eigenvalue weighted by molar-refractivity contribution is -0.117. The summed E-state index contributed by atoms with van der Waals surface area (Å²) in [4.78, 5) is 41.1. The Morgan fingerprint density at radius 2 is 2.07 bits per heavy atom. The van der Waals surface area contributed by atoms with Gasteiger partial charge in [-0.1, -0.05) is 44.1 Å². The summed E-state index contributed by atoms with van der Waals surface area (Å²) in [6.07, 6.45) is 1.59. The Balaban J connectivity index is 2.23. The molecule has 1 aromatic heterocycles. The van der Waals surface area contributed by atoms with Crippen LogP contribution in [0.3, 0.4) is 0 Å². The Kier molecular flexibility index (Phi) is 8.32. The second kappa shape index (κ2) is 10.5. The molecule has 7 nitrogen and oxygen atoms in total. The van der Waals surface area contributed by atoms with Crippen LogP contribution in [0.25, 0.3) is 10.9 Å². The standard InChI is InChI=1S/C19H25ClN4O3S/c1-4-8-21-18(27)23-16(25)11-28-19-22-15-10-13(20)5-6-14(15)17(26)24(19)9-7-12(2)3/h5-6,10,12H,4,7-9,11H2,1-3H3,(H2,21,23,25,27). The molecule has 0 bridgehead atoms. The molecule has 152 valence electrons. The summed E-state index contributed by atoms with van der Waals surface area (Å²) in [5, 5.41) is 6.26. The normalized spacial score (nSPS) is 11.0. The lowest BCUT2D eigenvalue weighted by Gasteiger charge is -2.14. The number of hydrogen-bond acceptors (Lipinski definition) is 5. The van der Waals surface area contributed by atoms with Gasteiger partial charge in [0.1, 0.15) is 0 Å². The van der Waals surface area contributed by atoms with Gasteiger partial charge < -0.3 is 5.32 Å². The molecule has 28 heavy (non-hydrogen) atoms. The lowest BCUT2D eigenvalue weighted by atomic mass is 10.1. The highest BCUT2D eigenvalue weighted by Crippen LogP contribution is 2.21. The minimum atomic E-state index is -0.525. The van der Waals surface area contributed by atoms with E-state index in [0.29, 0.717) is 40.1 Å². The SMILES string of the molecule is CCCNC(=O)NC(=O)CSc1nc2cc(Cl)ccc2c(=O)n1CCC(C)C. The van der Waals surface area contributed by atoms with Gasteiger partial charge in [-0.3, -0.25) is 19.5 Å². The molecule has 0 unspecified atom stereocenters. The molecule has 0 aliphatic heterocycles. The van der Waals surface area contributed by atoms with Crippen molar-refractivity contribution in [3.63, 3.8) is 0 Å². The molecular weight excluding hydrogens is 400 g/mol. The number of imide groups is 1. The molecule has 0 spiro atoms. The summed E-state index contributed by atoms with van der Waals surface area (Å²) < 4.78 is 1.59. The number of aromatic nitrogens is 2. The van der Waals surface area contributed by atoms with Crippen LogP contribution in [0.2, 0.25) is 5.02 Å². The Morgan fingerprint density at radius 3 is 2.75 bits per heavy atom. The largest absolute Gasteiger partial charge is 0.338 e. The van der Waals surface area contributed by atoms with Crippen LogP contribution in [0, 0.1) is 5.92 Å². The van der Waals surface area contributed by atoms with E-state index in [1.807, 2.05) is 6.92 Å². The average Bonchev–Trinajstić information content (AvgIpc) is 2.63. The molecule has 0 atom stereocenters. The van der Waals surface area contributed by atoms with Crippen LogP contribution >= 0.6 is 23.4 Å². The number of halogens is 1. The van der Waals surface area contributed by atoms with E-state index in [4.69, 9.17) is 11.6 Å². The minimum absolute atomic E-state index is 0.0280. The molecule has 0 aliphatic rings. The van der Waals surface area contributed by atoms with Crippen molar-refractivity contribution in [3.05, 3.63) is 33.6 Å². The van der Waals surface area contributed by atoms with E-state index in [2.05, 4.69) is 29.5 Å². The zero-order chi connectivity index (χ0) is 20.7. The molecule has 0 saturated carbocycles. The minimum Gasteiger partial charge on any atom is -0.338 e. The molecule has 2 rings (SSSR count). The third-order valence-electron chi connectivity index (χ3n) is 3.93. The van der Waals surface area contributed by atoms with E-state index in [-0.39, 0.29) is 11.3 Å². The lowest BCUT2D eigenvalue weighted by Crippen LogP contribution is -2.40. The number of benzene rings is 1. The second-order valence-corrected chi connectivity index (χ2v) is 8.17. The molecule has 0 radical (unpaired) electrons. The first kappa shape index (κ1) is 22.2. The van der Waals surface area contributed by atoms with Crippen molar-refractivity contribution in [1.82, 2.24) is 20.2 Å². The number of carbonyl (C=O) groups is 2. The summed E-state index contributed by atoms with van der Waals surface area (Å²) in [7, 11) is 0. The number of urea groups is 1. The maximum atomic E-state index is 12.9. The van der Waals surface area contributed by atoms with Gasteiger partial charge >= 0.3 is 6.03 Å². The summed E-state index contributed by atoms with van der Waals surface area (Å²) in [5.41, 5.74) is 0.327. The summed E-state index contributed by atoms with van der Waals surface area (Å²) in [6.45, 7) is 7.08. The topological polar surface area (TPSA) is 93.1 Å². The molecule has 1 heterocycles. The van der Waals surface area contributed by atoms with Crippen LogP contribution in [-0.4, -0.2) is 33.8 Å². The van der Waals surface area contributed by atoms with Crippen LogP contribution < -0.4 is 16.2 Å². The molecule has 2 N–H and O–H groups in total. The van der Waals surface area contributed by atoms with E-state index >= 15 is 0 Å². The van der Waals surface area contributed by atoms with Gasteiger partial charge in [-0.05, 0) is 37.0 Å². The Hall–Kier alpha value is -2.06. The number of amides is 3. The van der Waals surface area contributed by atoms with Crippen molar-refractivity contribution in [1.29, 1.82) is 0 Å². The van der Waals surface area contributed by atoms with Gasteiger partial charge in [0.05, 0.1) is 16.7 Å². The van der Waals surface area contributed by atoms with Crippen LogP contribution in [0.1, 0.15) is 33.6 Å². The third kappa shape index (κ3) is 6.24. The molecule has 9 heteroatoms. The quantitative estimate of drug-likeness (QED) is 0.500. The maximum Gasteiger partial charge on any atom is 0.321 e. The molecule has 0 saturated heterocycles. The Morgan fingerprint density at radius 1 is 1.32 bits per heavy atom. The molecule has 0 aliphatic carbocycles. The third-order valence-corrected chi connectivity index (χ3v) is 5.14. The van der Waals surface area contributed by atoms with Crippen molar-refractivity contribution in [2.45, 2.75) is 45.3 Å². The second-order valence-electron chi connectivity index (χ2n) is 6.79. The van der Waals surface area contributed by atoms with Crippen LogP contribution in [0.5, 0.6) is 0 Å². The fourth-order valence-electron chi connectivity index (χ4n) is 2.44. The van der Waals surface area contributed by atoms with Crippen LogP contribution in [0.15, 0.2) is 28.2 Å². The van der Waals surface area contributed by atoms with Crippen molar-refractivity contribution < 1.29 is 9.59 Å². The average molecular weight is 425 g/mol. The number of rotatable bonds is 8. The van der Waals surface area contributed by atoms with Gasteiger partial charge in [-0.25, -0.2) is 9.78 Å². The van der Waals surface area contributed by atoms with Gasteiger partial charge in [-0.15, -0.1) is 0 Å². The highest BCUT2D eigenvalue weighted by Gasteiger charge is 2.15. The maximum absolute atomic E-state index is 12.9. The van der Waals surface area contributed by atoms with Crippen molar-refractivity contribution in [2.24, 2.45) is 5.92 Å².